The molecular weight excluding hydrogens is 604 g/mol. The number of fused-ring (bicyclic) bond motifs is 1. The summed E-state index contributed by atoms with van der Waals surface area (Å²) in [5.74, 6) is 0.0382. The first-order valence-corrected chi connectivity index (χ1v) is 15.6. The van der Waals surface area contributed by atoms with E-state index in [-0.39, 0.29) is 47.6 Å². The third-order valence-corrected chi connectivity index (χ3v) is 8.14. The molecule has 5 rings (SSSR count). The molecule has 0 spiro atoms. The van der Waals surface area contributed by atoms with Gasteiger partial charge in [0.25, 0.3) is 10.0 Å². The van der Waals surface area contributed by atoms with Crippen LogP contribution in [0.15, 0.2) is 95.9 Å². The average molecular weight is 643 g/mol. The minimum Gasteiger partial charge on any atom is -0.508 e. The number of aromatic nitrogens is 2. The molecule has 0 aliphatic heterocycles. The van der Waals surface area contributed by atoms with Gasteiger partial charge in [0, 0.05) is 35.3 Å². The first-order valence-electron chi connectivity index (χ1n) is 14.1. The van der Waals surface area contributed by atoms with Gasteiger partial charge in [-0.25, -0.2) is 18.4 Å². The summed E-state index contributed by atoms with van der Waals surface area (Å²) in [4.78, 5) is 21.7. The molecule has 11 nitrogen and oxygen atoms in total. The monoisotopic (exact) mass is 642 g/mol. The van der Waals surface area contributed by atoms with Gasteiger partial charge in [-0.2, -0.15) is 0 Å². The Morgan fingerprint density at radius 2 is 1.50 bits per heavy atom. The van der Waals surface area contributed by atoms with E-state index in [9.17, 15) is 18.3 Å². The molecule has 5 aromatic rings. The number of sulfonamides is 1. The second-order valence-electron chi connectivity index (χ2n) is 11.3. The Kier molecular flexibility index (Phi) is 10.0. The van der Waals surface area contributed by atoms with Gasteiger partial charge in [-0.3, -0.25) is 9.52 Å². The molecule has 0 radical (unpaired) electrons. The van der Waals surface area contributed by atoms with Crippen LogP contribution < -0.4 is 25.4 Å². The standard InChI is InChI=1S/C33H34N6O5S.CH4/c1-33(2,3)21-9-7-10-22(15-21)34-20-30(41)35-23-11-8-12-27(18-23)45(42,43)39-32-31(37-28-13-5-6-14-29(28)38-32)36-24-16-25(40)19-26(17-24)44-4;/h5-19,34,40H,20H2,1-4H3,(H,35,41)(H,36,37)(H,38,39);1H4. The van der Waals surface area contributed by atoms with Gasteiger partial charge in [0.2, 0.25) is 5.91 Å². The number of phenols is 1. The topological polar surface area (TPSA) is 155 Å². The highest BCUT2D eigenvalue weighted by atomic mass is 32.2. The first-order chi connectivity index (χ1) is 21.4. The summed E-state index contributed by atoms with van der Waals surface area (Å²) in [6.07, 6.45) is 0. The number of nitrogens with one attached hydrogen (secondary N) is 4. The van der Waals surface area contributed by atoms with Crippen molar-refractivity contribution < 1.29 is 23.1 Å². The fourth-order valence-corrected chi connectivity index (χ4v) is 5.53. The minimum atomic E-state index is -4.18. The number of carbonyl (C=O) groups excluding carboxylic acids is 1. The van der Waals surface area contributed by atoms with E-state index >= 15 is 0 Å². The van der Waals surface area contributed by atoms with E-state index in [4.69, 9.17) is 4.74 Å². The Labute approximate surface area is 269 Å². The molecule has 0 saturated carbocycles. The third-order valence-electron chi connectivity index (χ3n) is 6.80. The van der Waals surface area contributed by atoms with Crippen molar-refractivity contribution in [2.24, 2.45) is 0 Å². The Balaban J connectivity index is 0.00000480. The molecule has 0 aliphatic carbocycles. The number of phenolic OH excluding ortho intramolecular Hbond substituents is 1. The summed E-state index contributed by atoms with van der Waals surface area (Å²) in [7, 11) is -2.72. The number of hydrogen-bond donors (Lipinski definition) is 5. The third kappa shape index (κ3) is 8.21. The SMILES string of the molecule is C.COc1cc(O)cc(Nc2nc3ccccc3nc2NS(=O)(=O)c2cccc(NC(=O)CNc3cccc(C(C)(C)C)c3)c2)c1. The zero-order valence-electron chi connectivity index (χ0n) is 25.3. The number of carbonyl (C=O) groups is 1. The Morgan fingerprint density at radius 1 is 0.826 bits per heavy atom. The molecule has 0 unspecified atom stereocenters. The zero-order chi connectivity index (χ0) is 32.2. The maximum absolute atomic E-state index is 13.6. The first kappa shape index (κ1) is 33.5. The molecule has 12 heteroatoms. The van der Waals surface area contributed by atoms with Crippen molar-refractivity contribution in [2.45, 2.75) is 38.5 Å². The van der Waals surface area contributed by atoms with Crippen LogP contribution in [0, 0.1) is 0 Å². The number of aromatic hydroxyl groups is 1. The highest BCUT2D eigenvalue weighted by molar-refractivity contribution is 7.92. The number of amides is 1. The van der Waals surface area contributed by atoms with Gasteiger partial charge in [-0.15, -0.1) is 0 Å². The van der Waals surface area contributed by atoms with Crippen molar-refractivity contribution in [1.82, 2.24) is 9.97 Å². The summed E-state index contributed by atoms with van der Waals surface area (Å²) >= 11 is 0. The van der Waals surface area contributed by atoms with E-state index in [0.29, 0.717) is 28.2 Å². The maximum Gasteiger partial charge on any atom is 0.263 e. The van der Waals surface area contributed by atoms with Gasteiger partial charge in [-0.05, 0) is 53.4 Å². The second-order valence-corrected chi connectivity index (χ2v) is 13.0. The summed E-state index contributed by atoms with van der Waals surface area (Å²) in [6.45, 7) is 6.34. The molecular formula is C34H38N6O5S. The van der Waals surface area contributed by atoms with Crippen LogP contribution in [0.5, 0.6) is 11.5 Å². The van der Waals surface area contributed by atoms with Crippen LogP contribution in [-0.4, -0.2) is 43.1 Å². The van der Waals surface area contributed by atoms with E-state index in [1.165, 1.54) is 37.4 Å². The molecule has 0 atom stereocenters. The molecule has 0 aliphatic rings. The average Bonchev–Trinajstić information content (AvgIpc) is 3.00. The van der Waals surface area contributed by atoms with Crippen molar-refractivity contribution in [3.05, 3.63) is 96.6 Å². The summed E-state index contributed by atoms with van der Waals surface area (Å²) in [5.41, 5.74) is 3.61. The number of nitrogens with zero attached hydrogens (tertiary/aromatic N) is 2. The van der Waals surface area contributed by atoms with E-state index in [1.807, 2.05) is 24.3 Å². The van der Waals surface area contributed by atoms with Crippen LogP contribution in [0.2, 0.25) is 0 Å². The van der Waals surface area contributed by atoms with Gasteiger partial charge in [0.15, 0.2) is 11.6 Å². The Hall–Kier alpha value is -5.36. The molecule has 240 valence electrons. The van der Waals surface area contributed by atoms with Crippen molar-refractivity contribution in [3.63, 3.8) is 0 Å². The van der Waals surface area contributed by atoms with Crippen LogP contribution in [-0.2, 0) is 20.2 Å². The van der Waals surface area contributed by atoms with E-state index < -0.39 is 10.0 Å². The predicted molar refractivity (Wildman–Crippen MR) is 184 cm³/mol. The number of methoxy groups -OCH3 is 1. The number of rotatable bonds is 10. The molecule has 5 N–H and O–H groups in total. The molecule has 1 amide bonds. The smallest absolute Gasteiger partial charge is 0.263 e. The Bertz CT molecular complexity index is 1980. The Morgan fingerprint density at radius 3 is 2.20 bits per heavy atom. The molecule has 1 heterocycles. The second kappa shape index (κ2) is 13.7. The fraction of sp³-hybridized carbons (Fsp3) is 0.206. The summed E-state index contributed by atoms with van der Waals surface area (Å²) < 4.78 is 34.9. The normalized spacial score (nSPS) is 11.3. The van der Waals surface area contributed by atoms with Gasteiger partial charge in [-0.1, -0.05) is 58.5 Å². The lowest BCUT2D eigenvalue weighted by Gasteiger charge is -2.20. The van der Waals surface area contributed by atoms with Crippen LogP contribution in [0.4, 0.5) is 28.7 Å². The predicted octanol–water partition coefficient (Wildman–Crippen LogP) is 6.87. The summed E-state index contributed by atoms with van der Waals surface area (Å²) in [5, 5.41) is 19.0. The molecule has 1 aromatic heterocycles. The number of ether oxygens (including phenoxy) is 1. The molecule has 46 heavy (non-hydrogen) atoms. The van der Waals surface area contributed by atoms with E-state index in [2.05, 4.69) is 51.4 Å². The largest absolute Gasteiger partial charge is 0.508 e. The van der Waals surface area contributed by atoms with Crippen molar-refractivity contribution >= 4 is 55.7 Å². The van der Waals surface area contributed by atoms with Crippen molar-refractivity contribution in [2.75, 3.05) is 34.3 Å². The van der Waals surface area contributed by atoms with Crippen molar-refractivity contribution in [3.8, 4) is 11.5 Å². The van der Waals surface area contributed by atoms with E-state index in [0.717, 1.165) is 11.3 Å². The van der Waals surface area contributed by atoms with Gasteiger partial charge >= 0.3 is 0 Å². The maximum atomic E-state index is 13.6. The van der Waals surface area contributed by atoms with Gasteiger partial charge in [0.05, 0.1) is 29.6 Å². The van der Waals surface area contributed by atoms with Crippen LogP contribution in [0.1, 0.15) is 33.8 Å². The highest BCUT2D eigenvalue weighted by Gasteiger charge is 2.20. The lowest BCUT2D eigenvalue weighted by molar-refractivity contribution is -0.114. The molecule has 4 aromatic carbocycles. The van der Waals surface area contributed by atoms with Crippen LogP contribution >= 0.6 is 0 Å². The van der Waals surface area contributed by atoms with Crippen LogP contribution in [0.3, 0.4) is 0 Å². The van der Waals surface area contributed by atoms with Crippen molar-refractivity contribution in [1.29, 1.82) is 0 Å². The quantitative estimate of drug-likeness (QED) is 0.110. The number of anilines is 5. The fourth-order valence-electron chi connectivity index (χ4n) is 4.48. The van der Waals surface area contributed by atoms with Gasteiger partial charge in [0.1, 0.15) is 11.5 Å². The molecule has 0 saturated heterocycles. The molecule has 0 bridgehead atoms. The zero-order valence-corrected chi connectivity index (χ0v) is 26.1. The highest BCUT2D eigenvalue weighted by Crippen LogP contribution is 2.31. The van der Waals surface area contributed by atoms with Crippen LogP contribution in [0.25, 0.3) is 11.0 Å². The molecule has 0 fully saturated rings. The number of benzene rings is 4. The number of hydrogen-bond acceptors (Lipinski definition) is 9. The summed E-state index contributed by atoms with van der Waals surface area (Å²) in [6, 6.07) is 25.3. The lowest BCUT2D eigenvalue weighted by atomic mass is 9.87. The van der Waals surface area contributed by atoms with Gasteiger partial charge < -0.3 is 25.8 Å². The lowest BCUT2D eigenvalue weighted by Crippen LogP contribution is -2.22. The number of para-hydroxylation sites is 2. The van der Waals surface area contributed by atoms with E-state index in [1.54, 1.807) is 36.4 Å². The minimum absolute atomic E-state index is 0.